The van der Waals surface area contributed by atoms with Gasteiger partial charge in [-0.2, -0.15) is 0 Å². The fraction of sp³-hybridized carbons (Fsp3) is 0.214. The van der Waals surface area contributed by atoms with Crippen molar-refractivity contribution in [2.45, 2.75) is 20.3 Å². The Hall–Kier alpha value is -1.55. The van der Waals surface area contributed by atoms with Crippen LogP contribution in [0.2, 0.25) is 0 Å². The van der Waals surface area contributed by atoms with E-state index in [2.05, 4.69) is 0 Å². The normalized spacial score (nSPS) is 10.7. The van der Waals surface area contributed by atoms with E-state index in [-0.39, 0.29) is 11.1 Å². The van der Waals surface area contributed by atoms with Gasteiger partial charge in [-0.15, -0.1) is 11.3 Å². The number of aryl methyl sites for hydroxylation is 2. The van der Waals surface area contributed by atoms with E-state index >= 15 is 0 Å². The maximum atomic E-state index is 13.7. The summed E-state index contributed by atoms with van der Waals surface area (Å²) in [5.41, 5.74) is -0.00733. The Labute approximate surface area is 108 Å². The minimum atomic E-state index is -0.676. The van der Waals surface area contributed by atoms with E-state index in [1.165, 1.54) is 18.3 Å². The maximum Gasteiger partial charge on any atom is 0.205 e. The zero-order valence-corrected chi connectivity index (χ0v) is 10.9. The fourth-order valence-corrected chi connectivity index (χ4v) is 2.54. The van der Waals surface area contributed by atoms with Gasteiger partial charge in [-0.25, -0.2) is 8.78 Å². The van der Waals surface area contributed by atoms with Gasteiger partial charge in [-0.1, -0.05) is 6.92 Å². The van der Waals surface area contributed by atoms with Gasteiger partial charge in [0.1, 0.15) is 11.6 Å². The van der Waals surface area contributed by atoms with E-state index in [4.69, 9.17) is 0 Å². The summed E-state index contributed by atoms with van der Waals surface area (Å²) in [5.74, 6) is -1.70. The molecule has 1 aromatic heterocycles. The first kappa shape index (κ1) is 12.9. The molecule has 0 aliphatic heterocycles. The number of ketones is 1. The smallest absolute Gasteiger partial charge is 0.205 e. The molecular formula is C14H12F2OS. The molecule has 1 nitrogen and oxygen atoms in total. The van der Waals surface area contributed by atoms with Gasteiger partial charge in [-0.05, 0) is 43.2 Å². The Kier molecular flexibility index (Phi) is 3.57. The summed E-state index contributed by atoms with van der Waals surface area (Å²) < 4.78 is 27.1. The lowest BCUT2D eigenvalue weighted by Gasteiger charge is -2.03. The number of benzene rings is 1. The molecular weight excluding hydrogens is 254 g/mol. The highest BCUT2D eigenvalue weighted by atomic mass is 32.1. The van der Waals surface area contributed by atoms with Crippen LogP contribution in [0, 0.1) is 18.6 Å². The van der Waals surface area contributed by atoms with Crippen molar-refractivity contribution >= 4 is 17.1 Å². The van der Waals surface area contributed by atoms with Crippen LogP contribution >= 0.6 is 11.3 Å². The van der Waals surface area contributed by atoms with Gasteiger partial charge in [0.25, 0.3) is 0 Å². The Balaban J connectivity index is 2.42. The lowest BCUT2D eigenvalue weighted by molar-refractivity contribution is 0.103. The number of carbonyl (C=O) groups excluding carboxylic acids is 1. The fourth-order valence-electron chi connectivity index (χ4n) is 1.64. The second kappa shape index (κ2) is 4.98. The number of carbonyl (C=O) groups is 1. The highest BCUT2D eigenvalue weighted by Gasteiger charge is 2.17. The van der Waals surface area contributed by atoms with E-state index < -0.39 is 17.4 Å². The standard InChI is InChI=1S/C14H12F2OS/c1-3-9-4-5-13(18-9)14(17)10-7-11(15)8(2)6-12(10)16/h4-7H,3H2,1-2H3. The lowest BCUT2D eigenvalue weighted by atomic mass is 10.1. The van der Waals surface area contributed by atoms with Crippen LogP contribution in [-0.4, -0.2) is 5.78 Å². The van der Waals surface area contributed by atoms with E-state index in [9.17, 15) is 13.6 Å². The minimum Gasteiger partial charge on any atom is -0.288 e. The SMILES string of the molecule is CCc1ccc(C(=O)c2cc(F)c(C)cc2F)s1. The van der Waals surface area contributed by atoms with Crippen LogP contribution in [-0.2, 0) is 6.42 Å². The van der Waals surface area contributed by atoms with Gasteiger partial charge >= 0.3 is 0 Å². The Bertz CT molecular complexity index is 602. The van der Waals surface area contributed by atoms with Crippen LogP contribution in [0.4, 0.5) is 8.78 Å². The van der Waals surface area contributed by atoms with Crippen molar-refractivity contribution in [1.82, 2.24) is 0 Å². The number of hydrogen-bond acceptors (Lipinski definition) is 2. The van der Waals surface area contributed by atoms with Gasteiger partial charge in [0.05, 0.1) is 10.4 Å². The van der Waals surface area contributed by atoms with Crippen molar-refractivity contribution < 1.29 is 13.6 Å². The first-order valence-corrected chi connectivity index (χ1v) is 6.43. The van der Waals surface area contributed by atoms with Crippen LogP contribution in [0.15, 0.2) is 24.3 Å². The van der Waals surface area contributed by atoms with E-state index in [1.807, 2.05) is 13.0 Å². The molecule has 1 heterocycles. The highest BCUT2D eigenvalue weighted by Crippen LogP contribution is 2.23. The summed E-state index contributed by atoms with van der Waals surface area (Å²) in [5, 5.41) is 0. The van der Waals surface area contributed by atoms with Crippen molar-refractivity contribution in [2.75, 3.05) is 0 Å². The van der Waals surface area contributed by atoms with Crippen molar-refractivity contribution in [3.05, 3.63) is 56.8 Å². The first-order chi connectivity index (χ1) is 8.52. The monoisotopic (exact) mass is 266 g/mol. The predicted molar refractivity (Wildman–Crippen MR) is 68.2 cm³/mol. The summed E-state index contributed by atoms with van der Waals surface area (Å²) in [6.07, 6.45) is 0.822. The van der Waals surface area contributed by atoms with Crippen molar-refractivity contribution in [3.8, 4) is 0 Å². The highest BCUT2D eigenvalue weighted by molar-refractivity contribution is 7.14. The lowest BCUT2D eigenvalue weighted by Crippen LogP contribution is -2.04. The van der Waals surface area contributed by atoms with Gasteiger partial charge in [0.2, 0.25) is 5.78 Å². The Morgan fingerprint density at radius 1 is 1.22 bits per heavy atom. The van der Waals surface area contributed by atoms with Crippen LogP contribution in [0.5, 0.6) is 0 Å². The summed E-state index contributed by atoms with van der Waals surface area (Å²) in [6, 6.07) is 5.51. The molecule has 1 aromatic carbocycles. The molecule has 0 saturated heterocycles. The third-order valence-corrected chi connectivity index (χ3v) is 3.96. The number of rotatable bonds is 3. The maximum absolute atomic E-state index is 13.7. The molecule has 4 heteroatoms. The molecule has 0 aliphatic rings. The molecule has 18 heavy (non-hydrogen) atoms. The zero-order chi connectivity index (χ0) is 13.3. The summed E-state index contributed by atoms with van der Waals surface area (Å²) in [7, 11) is 0. The molecule has 2 aromatic rings. The molecule has 0 bridgehead atoms. The average molecular weight is 266 g/mol. The Morgan fingerprint density at radius 2 is 1.94 bits per heavy atom. The number of hydrogen-bond donors (Lipinski definition) is 0. The first-order valence-electron chi connectivity index (χ1n) is 5.62. The van der Waals surface area contributed by atoms with Gasteiger partial charge < -0.3 is 0 Å². The molecule has 0 spiro atoms. The second-order valence-corrected chi connectivity index (χ2v) is 5.20. The van der Waals surface area contributed by atoms with Crippen LogP contribution in [0.3, 0.4) is 0 Å². The molecule has 0 aliphatic carbocycles. The number of thiophene rings is 1. The predicted octanol–water partition coefficient (Wildman–Crippen LogP) is 4.13. The zero-order valence-electron chi connectivity index (χ0n) is 10.1. The van der Waals surface area contributed by atoms with Gasteiger partial charge in [-0.3, -0.25) is 4.79 Å². The molecule has 0 N–H and O–H groups in total. The van der Waals surface area contributed by atoms with E-state index in [0.29, 0.717) is 4.88 Å². The minimum absolute atomic E-state index is 0.199. The molecule has 0 atom stereocenters. The van der Waals surface area contributed by atoms with Gasteiger partial charge in [0, 0.05) is 4.88 Å². The molecule has 0 unspecified atom stereocenters. The van der Waals surface area contributed by atoms with Crippen molar-refractivity contribution in [3.63, 3.8) is 0 Å². The van der Waals surface area contributed by atoms with Crippen molar-refractivity contribution in [1.29, 1.82) is 0 Å². The van der Waals surface area contributed by atoms with Crippen molar-refractivity contribution in [2.24, 2.45) is 0 Å². The third kappa shape index (κ3) is 2.34. The second-order valence-electron chi connectivity index (χ2n) is 4.03. The molecule has 0 amide bonds. The van der Waals surface area contributed by atoms with Crippen LogP contribution in [0.25, 0.3) is 0 Å². The summed E-state index contributed by atoms with van der Waals surface area (Å²) in [6.45, 7) is 3.44. The van der Waals surface area contributed by atoms with E-state index in [1.54, 1.807) is 6.07 Å². The summed E-state index contributed by atoms with van der Waals surface area (Å²) >= 11 is 1.32. The average Bonchev–Trinajstić information content (AvgIpc) is 2.81. The molecule has 2 rings (SSSR count). The molecule has 0 saturated carbocycles. The number of halogens is 2. The third-order valence-electron chi connectivity index (χ3n) is 2.73. The molecule has 0 radical (unpaired) electrons. The van der Waals surface area contributed by atoms with Gasteiger partial charge in [0.15, 0.2) is 0 Å². The topological polar surface area (TPSA) is 17.1 Å². The molecule has 0 fully saturated rings. The quantitative estimate of drug-likeness (QED) is 0.763. The van der Waals surface area contributed by atoms with Crippen LogP contribution in [0.1, 0.15) is 32.6 Å². The largest absolute Gasteiger partial charge is 0.288 e. The Morgan fingerprint density at radius 3 is 2.56 bits per heavy atom. The summed E-state index contributed by atoms with van der Waals surface area (Å²) in [4.78, 5) is 13.6. The molecule has 94 valence electrons. The van der Waals surface area contributed by atoms with Crippen LogP contribution < -0.4 is 0 Å². The van der Waals surface area contributed by atoms with E-state index in [0.717, 1.165) is 23.4 Å².